The van der Waals surface area contributed by atoms with Crippen LogP contribution in [0.1, 0.15) is 18.3 Å². The van der Waals surface area contributed by atoms with Crippen molar-refractivity contribution in [2.45, 2.75) is 30.1 Å². The maximum absolute atomic E-state index is 12.8. The van der Waals surface area contributed by atoms with Crippen LogP contribution in [0.3, 0.4) is 0 Å². The number of hydrogen-bond acceptors (Lipinski definition) is 4. The summed E-state index contributed by atoms with van der Waals surface area (Å²) >= 11 is 0.870. The molecule has 0 spiro atoms. The SMILES string of the molecule is C[C@@H](Sc1nnc(C(F)(F)F)n1C)C(=O)NCc1ccc(F)cc1. The molecule has 2 rings (SSSR count). The van der Waals surface area contributed by atoms with Gasteiger partial charge in [-0.1, -0.05) is 23.9 Å². The Morgan fingerprint density at radius 1 is 1.29 bits per heavy atom. The zero-order chi connectivity index (χ0) is 17.9. The van der Waals surface area contributed by atoms with Gasteiger partial charge in [0.1, 0.15) is 5.82 Å². The van der Waals surface area contributed by atoms with Gasteiger partial charge in [0.2, 0.25) is 11.7 Å². The standard InChI is InChI=1S/C14H14F4N4OS/c1-8(11(23)19-7-9-3-5-10(15)6-4-9)24-13-21-20-12(22(13)2)14(16,17)18/h3-6,8H,7H2,1-2H3,(H,19,23)/t8-/m1/s1. The van der Waals surface area contributed by atoms with Crippen LogP contribution in [-0.2, 0) is 24.6 Å². The third-order valence-corrected chi connectivity index (χ3v) is 4.25. The quantitative estimate of drug-likeness (QED) is 0.656. The van der Waals surface area contributed by atoms with Gasteiger partial charge < -0.3 is 9.88 Å². The summed E-state index contributed by atoms with van der Waals surface area (Å²) in [5.41, 5.74) is 0.708. The highest BCUT2D eigenvalue weighted by Crippen LogP contribution is 2.30. The lowest BCUT2D eigenvalue weighted by atomic mass is 10.2. The van der Waals surface area contributed by atoms with E-state index in [1.165, 1.54) is 31.3 Å². The number of aromatic nitrogens is 3. The molecular weight excluding hydrogens is 348 g/mol. The second-order valence-electron chi connectivity index (χ2n) is 4.97. The van der Waals surface area contributed by atoms with E-state index in [9.17, 15) is 22.4 Å². The van der Waals surface area contributed by atoms with Crippen molar-refractivity contribution in [3.05, 3.63) is 41.5 Å². The predicted molar refractivity (Wildman–Crippen MR) is 79.6 cm³/mol. The van der Waals surface area contributed by atoms with Crippen LogP contribution in [0.4, 0.5) is 17.6 Å². The Bertz CT molecular complexity index is 715. The summed E-state index contributed by atoms with van der Waals surface area (Å²) in [6.07, 6.45) is -4.60. The molecule has 10 heteroatoms. The number of carbonyl (C=O) groups excluding carboxylic acids is 1. The summed E-state index contributed by atoms with van der Waals surface area (Å²) in [4.78, 5) is 12.0. The molecule has 0 fully saturated rings. The van der Waals surface area contributed by atoms with Gasteiger partial charge in [-0.05, 0) is 24.6 Å². The average Bonchev–Trinajstić information content (AvgIpc) is 2.87. The van der Waals surface area contributed by atoms with Crippen molar-refractivity contribution >= 4 is 17.7 Å². The Morgan fingerprint density at radius 3 is 2.46 bits per heavy atom. The normalized spacial score (nSPS) is 12.9. The van der Waals surface area contributed by atoms with Gasteiger partial charge in [-0.3, -0.25) is 4.79 Å². The summed E-state index contributed by atoms with van der Waals surface area (Å²) in [7, 11) is 1.19. The molecular formula is C14H14F4N4OS. The maximum atomic E-state index is 12.8. The molecule has 1 aromatic carbocycles. The number of alkyl halides is 3. The van der Waals surface area contributed by atoms with Gasteiger partial charge in [-0.15, -0.1) is 10.2 Å². The van der Waals surface area contributed by atoms with Crippen molar-refractivity contribution in [2.24, 2.45) is 7.05 Å². The van der Waals surface area contributed by atoms with Crippen molar-refractivity contribution in [2.75, 3.05) is 0 Å². The van der Waals surface area contributed by atoms with Gasteiger partial charge >= 0.3 is 6.18 Å². The number of hydrogen-bond donors (Lipinski definition) is 1. The summed E-state index contributed by atoms with van der Waals surface area (Å²) in [6, 6.07) is 5.62. The van der Waals surface area contributed by atoms with E-state index in [0.29, 0.717) is 5.56 Å². The molecule has 5 nitrogen and oxygen atoms in total. The van der Waals surface area contributed by atoms with Gasteiger partial charge in [0.15, 0.2) is 5.16 Å². The number of amides is 1. The first-order chi connectivity index (χ1) is 11.2. The Labute approximate surface area is 139 Å². The first kappa shape index (κ1) is 18.2. The van der Waals surface area contributed by atoms with Crippen LogP contribution in [0.15, 0.2) is 29.4 Å². The second-order valence-corrected chi connectivity index (χ2v) is 6.28. The Balaban J connectivity index is 1.94. The van der Waals surface area contributed by atoms with Crippen molar-refractivity contribution < 1.29 is 22.4 Å². The largest absolute Gasteiger partial charge is 0.451 e. The minimum absolute atomic E-state index is 0.00763. The molecule has 130 valence electrons. The highest BCUT2D eigenvalue weighted by atomic mass is 32.2. The lowest BCUT2D eigenvalue weighted by molar-refractivity contribution is -0.147. The summed E-state index contributed by atoms with van der Waals surface area (Å²) in [5.74, 6) is -1.87. The van der Waals surface area contributed by atoms with Crippen molar-refractivity contribution in [1.82, 2.24) is 20.1 Å². The fraction of sp³-hybridized carbons (Fsp3) is 0.357. The zero-order valence-electron chi connectivity index (χ0n) is 12.8. The first-order valence-electron chi connectivity index (χ1n) is 6.84. The fourth-order valence-electron chi connectivity index (χ4n) is 1.81. The maximum Gasteiger partial charge on any atom is 0.451 e. The summed E-state index contributed by atoms with van der Waals surface area (Å²) < 4.78 is 51.6. The lowest BCUT2D eigenvalue weighted by Gasteiger charge is -2.12. The molecule has 1 atom stereocenters. The van der Waals surface area contributed by atoms with E-state index in [-0.39, 0.29) is 23.4 Å². The van der Waals surface area contributed by atoms with Gasteiger partial charge in [0, 0.05) is 13.6 Å². The van der Waals surface area contributed by atoms with Crippen LogP contribution in [0.2, 0.25) is 0 Å². The van der Waals surface area contributed by atoms with Crippen LogP contribution in [0.25, 0.3) is 0 Å². The minimum Gasteiger partial charge on any atom is -0.351 e. The van der Waals surface area contributed by atoms with E-state index in [1.807, 2.05) is 0 Å². The highest BCUT2D eigenvalue weighted by molar-refractivity contribution is 8.00. The van der Waals surface area contributed by atoms with Crippen LogP contribution in [0, 0.1) is 5.82 Å². The summed E-state index contributed by atoms with van der Waals surface area (Å²) in [6.45, 7) is 1.74. The molecule has 1 heterocycles. The topological polar surface area (TPSA) is 59.8 Å². The highest BCUT2D eigenvalue weighted by Gasteiger charge is 2.37. The van der Waals surface area contributed by atoms with E-state index in [4.69, 9.17) is 0 Å². The molecule has 1 N–H and O–H groups in total. The third-order valence-electron chi connectivity index (χ3n) is 3.12. The fourth-order valence-corrected chi connectivity index (χ4v) is 2.65. The minimum atomic E-state index is -4.60. The Hall–Kier alpha value is -2.10. The second kappa shape index (κ2) is 7.20. The van der Waals surface area contributed by atoms with Crippen molar-refractivity contribution in [3.63, 3.8) is 0 Å². The van der Waals surface area contributed by atoms with Crippen LogP contribution >= 0.6 is 11.8 Å². The van der Waals surface area contributed by atoms with Crippen molar-refractivity contribution in [1.29, 1.82) is 0 Å². The number of carbonyl (C=O) groups is 1. The van der Waals surface area contributed by atoms with Crippen LogP contribution in [-0.4, -0.2) is 25.9 Å². The molecule has 0 radical (unpaired) electrons. The van der Waals surface area contributed by atoms with Crippen LogP contribution < -0.4 is 5.32 Å². The average molecular weight is 362 g/mol. The van der Waals surface area contributed by atoms with Gasteiger partial charge in [-0.25, -0.2) is 4.39 Å². The van der Waals surface area contributed by atoms with E-state index < -0.39 is 17.3 Å². The van der Waals surface area contributed by atoms with Gasteiger partial charge in [0.05, 0.1) is 5.25 Å². The molecule has 1 aromatic heterocycles. The number of thioether (sulfide) groups is 1. The van der Waals surface area contributed by atoms with Crippen LogP contribution in [0.5, 0.6) is 0 Å². The van der Waals surface area contributed by atoms with E-state index in [2.05, 4.69) is 15.5 Å². The molecule has 0 aliphatic carbocycles. The molecule has 0 saturated heterocycles. The Morgan fingerprint density at radius 2 is 1.92 bits per heavy atom. The molecule has 0 unspecified atom stereocenters. The molecule has 0 aliphatic rings. The number of benzene rings is 1. The number of rotatable bonds is 5. The Kier molecular flexibility index (Phi) is 5.47. The molecule has 24 heavy (non-hydrogen) atoms. The smallest absolute Gasteiger partial charge is 0.351 e. The molecule has 2 aromatic rings. The van der Waals surface area contributed by atoms with E-state index in [0.717, 1.165) is 16.3 Å². The van der Waals surface area contributed by atoms with E-state index >= 15 is 0 Å². The van der Waals surface area contributed by atoms with Crippen molar-refractivity contribution in [3.8, 4) is 0 Å². The molecule has 0 saturated carbocycles. The molecule has 1 amide bonds. The zero-order valence-corrected chi connectivity index (χ0v) is 13.6. The van der Waals surface area contributed by atoms with Gasteiger partial charge in [0.25, 0.3) is 0 Å². The monoisotopic (exact) mass is 362 g/mol. The third kappa shape index (κ3) is 4.47. The van der Waals surface area contributed by atoms with Gasteiger partial charge in [-0.2, -0.15) is 13.2 Å². The lowest BCUT2D eigenvalue weighted by Crippen LogP contribution is -2.30. The first-order valence-corrected chi connectivity index (χ1v) is 7.72. The van der Waals surface area contributed by atoms with E-state index in [1.54, 1.807) is 6.92 Å². The number of halogens is 4. The number of nitrogens with one attached hydrogen (secondary N) is 1. The summed E-state index contributed by atoms with van der Waals surface area (Å²) in [5, 5.41) is 8.52. The molecule has 0 bridgehead atoms. The number of nitrogens with zero attached hydrogens (tertiary/aromatic N) is 3. The molecule has 0 aliphatic heterocycles. The predicted octanol–water partition coefficient (Wildman–Crippen LogP) is 2.77.